The fourth-order valence-electron chi connectivity index (χ4n) is 1.95. The number of pyridine rings is 1. The van der Waals surface area contributed by atoms with Crippen molar-refractivity contribution in [1.29, 1.82) is 0 Å². The Morgan fingerprint density at radius 1 is 1.30 bits per heavy atom. The van der Waals surface area contributed by atoms with E-state index in [1.807, 2.05) is 0 Å². The van der Waals surface area contributed by atoms with Crippen molar-refractivity contribution in [3.8, 4) is 0 Å². The lowest BCUT2D eigenvalue weighted by Gasteiger charge is -2.21. The summed E-state index contributed by atoms with van der Waals surface area (Å²) in [6.07, 6.45) is -6.12. The molecule has 1 rings (SSSR count). The number of halogens is 4. The maximum absolute atomic E-state index is 13.5. The molecule has 2 atom stereocenters. The summed E-state index contributed by atoms with van der Waals surface area (Å²) >= 11 is 3.16. The number of hydrogen-bond acceptors (Lipinski definition) is 4. The Hall–Kier alpha value is -1.29. The Labute approximate surface area is 167 Å². The van der Waals surface area contributed by atoms with Crippen LogP contribution in [-0.2, 0) is 20.5 Å². The lowest BCUT2D eigenvalue weighted by molar-refractivity contribution is -0.182. The van der Waals surface area contributed by atoms with E-state index in [-0.39, 0.29) is 18.0 Å². The number of nitrogens with zero attached hydrogens (tertiary/aromatic N) is 2. The summed E-state index contributed by atoms with van der Waals surface area (Å²) in [6, 6.07) is 4.69. The lowest BCUT2D eigenvalue weighted by atomic mass is 9.96. The van der Waals surface area contributed by atoms with Crippen LogP contribution in [0.2, 0.25) is 0 Å². The van der Waals surface area contributed by atoms with Crippen LogP contribution in [-0.4, -0.2) is 38.4 Å². The number of hydrogen-bond donors (Lipinski definition) is 0. The molecule has 1 aromatic rings. The summed E-state index contributed by atoms with van der Waals surface area (Å²) < 4.78 is 61.2. The minimum absolute atomic E-state index is 0.00835. The number of carbonyl (C=O) groups excluding carboxylic acids is 1. The van der Waals surface area contributed by atoms with E-state index in [0.717, 1.165) is 0 Å². The third-order valence-corrected chi connectivity index (χ3v) is 5.22. The van der Waals surface area contributed by atoms with Crippen LogP contribution in [0, 0.1) is 5.92 Å². The molecule has 0 unspecified atom stereocenters. The molecule has 0 aliphatic heterocycles. The normalized spacial score (nSPS) is 15.3. The number of rotatable bonds is 7. The highest BCUT2D eigenvalue weighted by atomic mass is 79.9. The Bertz CT molecular complexity index is 718. The van der Waals surface area contributed by atoms with Crippen molar-refractivity contribution in [3.63, 3.8) is 0 Å². The molecule has 0 amide bonds. The van der Waals surface area contributed by atoms with Gasteiger partial charge in [0.1, 0.15) is 15.6 Å². The molecule has 152 valence electrons. The van der Waals surface area contributed by atoms with Crippen LogP contribution in [0.4, 0.5) is 13.2 Å². The maximum Gasteiger partial charge on any atom is 0.392 e. The minimum atomic E-state index is -4.65. The Morgan fingerprint density at radius 3 is 2.41 bits per heavy atom. The summed E-state index contributed by atoms with van der Waals surface area (Å²) in [7, 11) is -1.78. The molecule has 0 saturated carbocycles. The van der Waals surface area contributed by atoms with E-state index in [1.165, 1.54) is 13.0 Å². The monoisotopic (exact) mass is 470 g/mol. The molecule has 1 heterocycles. The topological polar surface area (TPSA) is 68.6 Å². The number of aromatic nitrogens is 1. The summed E-state index contributed by atoms with van der Waals surface area (Å²) in [5, 5.41) is 0. The van der Waals surface area contributed by atoms with E-state index in [4.69, 9.17) is 0 Å². The smallest absolute Gasteiger partial charge is 0.392 e. The van der Waals surface area contributed by atoms with E-state index >= 15 is 0 Å². The second-order valence-electron chi connectivity index (χ2n) is 6.70. The minimum Gasteiger partial charge on any atom is -0.466 e. The first-order valence-electron chi connectivity index (χ1n) is 8.19. The van der Waals surface area contributed by atoms with Crippen molar-refractivity contribution < 1.29 is 26.9 Å². The highest BCUT2D eigenvalue weighted by molar-refractivity contribution is 9.10. The molecule has 0 bridgehead atoms. The molecule has 0 saturated heterocycles. The van der Waals surface area contributed by atoms with Gasteiger partial charge in [-0.2, -0.15) is 17.6 Å². The SMILES string of the molecule is CCOC(=O)C[C@H](CC(=N[S@](=O)C(C)(C)C)c1cccc(Br)n1)C(F)(F)F. The Kier molecular flexibility index (Phi) is 8.59. The van der Waals surface area contributed by atoms with Crippen LogP contribution in [0.1, 0.15) is 46.2 Å². The Balaban J connectivity index is 3.29. The zero-order chi connectivity index (χ0) is 20.8. The molecule has 0 aromatic carbocycles. The van der Waals surface area contributed by atoms with Gasteiger partial charge in [0.2, 0.25) is 0 Å². The van der Waals surface area contributed by atoms with Crippen LogP contribution in [0.5, 0.6) is 0 Å². The second-order valence-corrected chi connectivity index (χ2v) is 9.41. The van der Waals surface area contributed by atoms with Crippen molar-refractivity contribution in [2.24, 2.45) is 10.3 Å². The van der Waals surface area contributed by atoms with Crippen LogP contribution < -0.4 is 0 Å². The van der Waals surface area contributed by atoms with E-state index in [9.17, 15) is 22.2 Å². The van der Waals surface area contributed by atoms with Crippen LogP contribution in [0.15, 0.2) is 27.2 Å². The molecule has 5 nitrogen and oxygen atoms in total. The van der Waals surface area contributed by atoms with Gasteiger partial charge in [0.15, 0.2) is 0 Å². The predicted molar refractivity (Wildman–Crippen MR) is 102 cm³/mol. The first-order valence-corrected chi connectivity index (χ1v) is 10.1. The van der Waals surface area contributed by atoms with E-state index in [1.54, 1.807) is 32.9 Å². The summed E-state index contributed by atoms with van der Waals surface area (Å²) in [5.41, 5.74) is 0.0938. The highest BCUT2D eigenvalue weighted by Crippen LogP contribution is 2.33. The van der Waals surface area contributed by atoms with Gasteiger partial charge in [0.05, 0.1) is 35.1 Å². The molecule has 0 spiro atoms. The van der Waals surface area contributed by atoms with E-state index in [0.29, 0.717) is 4.60 Å². The molecule has 0 aliphatic carbocycles. The third kappa shape index (κ3) is 8.08. The van der Waals surface area contributed by atoms with Gasteiger partial charge in [-0.05, 0) is 55.8 Å². The average Bonchev–Trinajstić information content (AvgIpc) is 2.51. The van der Waals surface area contributed by atoms with Gasteiger partial charge in [-0.25, -0.2) is 9.19 Å². The third-order valence-electron chi connectivity index (χ3n) is 3.35. The molecular weight excluding hydrogens is 449 g/mol. The van der Waals surface area contributed by atoms with Crippen LogP contribution in [0.25, 0.3) is 0 Å². The summed E-state index contributed by atoms with van der Waals surface area (Å²) in [4.78, 5) is 15.7. The maximum atomic E-state index is 13.5. The standard InChI is InChI=1S/C17H22BrF3N2O3S/c1-5-26-15(24)10-11(17(19,20)21)9-13(23-27(25)16(2,3)4)12-7-6-8-14(18)22-12/h6-8,11H,5,9-10H2,1-4H3/t11-,27+/m0/s1. The van der Waals surface area contributed by atoms with Gasteiger partial charge < -0.3 is 4.74 Å². The van der Waals surface area contributed by atoms with E-state index < -0.39 is 46.6 Å². The van der Waals surface area contributed by atoms with Crippen molar-refractivity contribution in [2.75, 3.05) is 6.61 Å². The number of carbonyl (C=O) groups is 1. The van der Waals surface area contributed by atoms with Gasteiger partial charge in [-0.1, -0.05) is 6.07 Å². The molecule has 0 aliphatic rings. The van der Waals surface area contributed by atoms with Crippen molar-refractivity contribution in [1.82, 2.24) is 4.98 Å². The quantitative estimate of drug-likeness (QED) is 0.331. The van der Waals surface area contributed by atoms with Crippen molar-refractivity contribution in [3.05, 3.63) is 28.5 Å². The zero-order valence-corrected chi connectivity index (χ0v) is 17.9. The molecule has 0 radical (unpaired) electrons. The summed E-state index contributed by atoms with van der Waals surface area (Å²) in [5.74, 6) is -2.97. The fraction of sp³-hybridized carbons (Fsp3) is 0.588. The molecule has 27 heavy (non-hydrogen) atoms. The zero-order valence-electron chi connectivity index (χ0n) is 15.5. The first kappa shape index (κ1) is 23.7. The fourth-order valence-corrected chi connectivity index (χ4v) is 2.94. The Morgan fingerprint density at radius 2 is 1.93 bits per heavy atom. The van der Waals surface area contributed by atoms with Gasteiger partial charge in [-0.3, -0.25) is 4.79 Å². The van der Waals surface area contributed by atoms with Crippen molar-refractivity contribution >= 4 is 38.6 Å². The molecule has 10 heteroatoms. The van der Waals surface area contributed by atoms with E-state index in [2.05, 4.69) is 30.0 Å². The lowest BCUT2D eigenvalue weighted by Crippen LogP contribution is -2.30. The van der Waals surface area contributed by atoms with Crippen molar-refractivity contribution in [2.45, 2.75) is 51.5 Å². The molecule has 0 fully saturated rings. The predicted octanol–water partition coefficient (Wildman–Crippen LogP) is 4.62. The number of esters is 1. The number of alkyl halides is 3. The first-order chi connectivity index (χ1) is 12.3. The van der Waals surface area contributed by atoms with Gasteiger partial charge in [0.25, 0.3) is 0 Å². The summed E-state index contributed by atoms with van der Waals surface area (Å²) in [6.45, 7) is 6.51. The molecule has 0 N–H and O–H groups in total. The van der Waals surface area contributed by atoms with Crippen LogP contribution >= 0.6 is 15.9 Å². The average molecular weight is 471 g/mol. The molecular formula is C17H22BrF3N2O3S. The van der Waals surface area contributed by atoms with Gasteiger partial charge in [-0.15, -0.1) is 0 Å². The largest absolute Gasteiger partial charge is 0.466 e. The number of ether oxygens (including phenoxy) is 1. The van der Waals surface area contributed by atoms with Gasteiger partial charge >= 0.3 is 12.1 Å². The van der Waals surface area contributed by atoms with Gasteiger partial charge in [0, 0.05) is 6.42 Å². The van der Waals surface area contributed by atoms with Crippen LogP contribution in [0.3, 0.4) is 0 Å². The molecule has 1 aromatic heterocycles. The second kappa shape index (κ2) is 9.77. The highest BCUT2D eigenvalue weighted by Gasteiger charge is 2.42.